The van der Waals surface area contributed by atoms with Gasteiger partial charge in [-0.25, -0.2) is 0 Å². The SMILES string of the molecule is COc1cc2c(cc1OC)[C@H](C(=O)N(C)c1ccc(Cl)cc1)[C@@H](c1cccnc1)N(C)C2=O. The Morgan fingerprint density at radius 1 is 1.09 bits per heavy atom. The van der Waals surface area contributed by atoms with Gasteiger partial charge in [-0.15, -0.1) is 0 Å². The molecule has 0 spiro atoms. The first-order chi connectivity index (χ1) is 15.9. The second-order valence-corrected chi connectivity index (χ2v) is 8.23. The number of anilines is 1. The highest BCUT2D eigenvalue weighted by atomic mass is 35.5. The number of pyridine rings is 1. The first-order valence-electron chi connectivity index (χ1n) is 10.3. The fourth-order valence-corrected chi connectivity index (χ4v) is 4.41. The maximum Gasteiger partial charge on any atom is 0.254 e. The molecule has 2 atom stereocenters. The van der Waals surface area contributed by atoms with Crippen LogP contribution in [0, 0.1) is 0 Å². The van der Waals surface area contributed by atoms with Crippen molar-refractivity contribution in [2.75, 3.05) is 33.2 Å². The Kier molecular flexibility index (Phi) is 6.24. The molecule has 7 nitrogen and oxygen atoms in total. The molecule has 2 amide bonds. The number of amides is 2. The molecule has 0 unspecified atom stereocenters. The molecule has 33 heavy (non-hydrogen) atoms. The molecule has 4 rings (SSSR count). The summed E-state index contributed by atoms with van der Waals surface area (Å²) in [6, 6.07) is 13.5. The number of rotatable bonds is 5. The van der Waals surface area contributed by atoms with Gasteiger partial charge in [-0.05, 0) is 53.6 Å². The third kappa shape index (κ3) is 4.00. The van der Waals surface area contributed by atoms with Crippen LogP contribution in [0.15, 0.2) is 60.9 Å². The lowest BCUT2D eigenvalue weighted by Gasteiger charge is -2.41. The fourth-order valence-electron chi connectivity index (χ4n) is 4.28. The van der Waals surface area contributed by atoms with Gasteiger partial charge >= 0.3 is 0 Å². The molecule has 0 bridgehead atoms. The standard InChI is InChI=1S/C25H24ClN3O4/c1-28(17-9-7-16(26)8-10-17)25(31)22-18-12-20(32-3)21(33-4)13-19(18)24(30)29(2)23(22)15-6-5-11-27-14-15/h5-14,22-23H,1-4H3/t22-,23+/m0/s1. The summed E-state index contributed by atoms with van der Waals surface area (Å²) in [6.07, 6.45) is 3.34. The van der Waals surface area contributed by atoms with E-state index in [0.29, 0.717) is 33.3 Å². The second-order valence-electron chi connectivity index (χ2n) is 7.79. The van der Waals surface area contributed by atoms with E-state index in [1.165, 1.54) is 14.2 Å². The Morgan fingerprint density at radius 3 is 2.36 bits per heavy atom. The molecule has 0 radical (unpaired) electrons. The number of likely N-dealkylation sites (N-methyl/N-ethyl adjacent to an activating group) is 2. The lowest BCUT2D eigenvalue weighted by molar-refractivity contribution is -0.121. The Labute approximate surface area is 197 Å². The molecule has 0 saturated heterocycles. The molecule has 2 aromatic carbocycles. The maximum atomic E-state index is 14.0. The molecular formula is C25H24ClN3O4. The highest BCUT2D eigenvalue weighted by molar-refractivity contribution is 6.30. The number of halogens is 1. The van der Waals surface area contributed by atoms with Crippen LogP contribution in [0.5, 0.6) is 11.5 Å². The highest BCUT2D eigenvalue weighted by Crippen LogP contribution is 2.46. The van der Waals surface area contributed by atoms with E-state index in [1.807, 2.05) is 6.07 Å². The van der Waals surface area contributed by atoms with E-state index < -0.39 is 12.0 Å². The van der Waals surface area contributed by atoms with E-state index in [1.54, 1.807) is 78.8 Å². The van der Waals surface area contributed by atoms with Crippen molar-refractivity contribution in [2.24, 2.45) is 0 Å². The lowest BCUT2D eigenvalue weighted by atomic mass is 9.79. The molecule has 0 N–H and O–H groups in total. The van der Waals surface area contributed by atoms with E-state index in [2.05, 4.69) is 4.98 Å². The van der Waals surface area contributed by atoms with Crippen molar-refractivity contribution in [3.63, 3.8) is 0 Å². The van der Waals surface area contributed by atoms with Crippen molar-refractivity contribution < 1.29 is 19.1 Å². The smallest absolute Gasteiger partial charge is 0.254 e. The topological polar surface area (TPSA) is 72.0 Å². The maximum absolute atomic E-state index is 14.0. The fraction of sp³-hybridized carbons (Fsp3) is 0.240. The minimum absolute atomic E-state index is 0.181. The molecular weight excluding hydrogens is 442 g/mol. The summed E-state index contributed by atoms with van der Waals surface area (Å²) in [6.45, 7) is 0. The average Bonchev–Trinajstić information content (AvgIpc) is 2.85. The zero-order valence-electron chi connectivity index (χ0n) is 18.8. The minimum Gasteiger partial charge on any atom is -0.493 e. The van der Waals surface area contributed by atoms with E-state index in [0.717, 1.165) is 5.56 Å². The number of hydrogen-bond donors (Lipinski definition) is 0. The van der Waals surface area contributed by atoms with Crippen LogP contribution in [0.3, 0.4) is 0 Å². The number of methoxy groups -OCH3 is 2. The van der Waals surface area contributed by atoms with Crippen LogP contribution in [-0.2, 0) is 4.79 Å². The quantitative estimate of drug-likeness (QED) is 0.561. The predicted octanol–water partition coefficient (Wildman–Crippen LogP) is 4.33. The van der Waals surface area contributed by atoms with Crippen LogP contribution < -0.4 is 14.4 Å². The Morgan fingerprint density at radius 2 is 1.76 bits per heavy atom. The first kappa shape index (κ1) is 22.6. The molecule has 3 aromatic rings. The van der Waals surface area contributed by atoms with Crippen LogP contribution in [0.4, 0.5) is 5.69 Å². The molecule has 8 heteroatoms. The van der Waals surface area contributed by atoms with Gasteiger partial charge in [0.05, 0.1) is 26.2 Å². The Bertz CT molecular complexity index is 1180. The lowest BCUT2D eigenvalue weighted by Crippen LogP contribution is -2.46. The normalized spacial score (nSPS) is 17.4. The van der Waals surface area contributed by atoms with Gasteiger partial charge in [-0.1, -0.05) is 17.7 Å². The largest absolute Gasteiger partial charge is 0.493 e. The van der Waals surface area contributed by atoms with Gasteiger partial charge in [0.15, 0.2) is 11.5 Å². The van der Waals surface area contributed by atoms with Crippen molar-refractivity contribution in [1.82, 2.24) is 9.88 Å². The summed E-state index contributed by atoms with van der Waals surface area (Å²) in [4.78, 5) is 34.8. The molecule has 1 aliphatic rings. The number of nitrogens with zero attached hydrogens (tertiary/aromatic N) is 3. The molecule has 1 aliphatic heterocycles. The van der Waals surface area contributed by atoms with Gasteiger partial charge in [0.1, 0.15) is 0 Å². The van der Waals surface area contributed by atoms with Crippen molar-refractivity contribution in [2.45, 2.75) is 12.0 Å². The van der Waals surface area contributed by atoms with Crippen molar-refractivity contribution in [3.05, 3.63) is 82.6 Å². The van der Waals surface area contributed by atoms with Gasteiger partial charge in [-0.2, -0.15) is 0 Å². The van der Waals surface area contributed by atoms with E-state index in [4.69, 9.17) is 21.1 Å². The number of ether oxygens (including phenoxy) is 2. The minimum atomic E-state index is -0.701. The summed E-state index contributed by atoms with van der Waals surface area (Å²) in [7, 11) is 6.44. The van der Waals surface area contributed by atoms with Gasteiger partial charge in [0, 0.05) is 42.8 Å². The van der Waals surface area contributed by atoms with Gasteiger partial charge < -0.3 is 19.3 Å². The van der Waals surface area contributed by atoms with E-state index >= 15 is 0 Å². The third-order valence-electron chi connectivity index (χ3n) is 6.01. The van der Waals surface area contributed by atoms with Gasteiger partial charge in [-0.3, -0.25) is 14.6 Å². The zero-order valence-corrected chi connectivity index (χ0v) is 19.5. The van der Waals surface area contributed by atoms with Crippen LogP contribution in [-0.4, -0.2) is 50.0 Å². The average molecular weight is 466 g/mol. The number of carbonyl (C=O) groups excluding carboxylic acids is 2. The highest BCUT2D eigenvalue weighted by Gasteiger charge is 2.44. The Hall–Kier alpha value is -3.58. The van der Waals surface area contributed by atoms with Crippen molar-refractivity contribution >= 4 is 29.1 Å². The second kappa shape index (κ2) is 9.11. The van der Waals surface area contributed by atoms with Gasteiger partial charge in [0.25, 0.3) is 5.91 Å². The molecule has 0 saturated carbocycles. The van der Waals surface area contributed by atoms with Crippen LogP contribution in [0.25, 0.3) is 0 Å². The Balaban J connectivity index is 1.91. The molecule has 0 fully saturated rings. The molecule has 2 heterocycles. The summed E-state index contributed by atoms with van der Waals surface area (Å²) in [5.74, 6) is -0.218. The third-order valence-corrected chi connectivity index (χ3v) is 6.26. The van der Waals surface area contributed by atoms with Crippen LogP contribution in [0.2, 0.25) is 5.02 Å². The molecule has 1 aromatic heterocycles. The number of carbonyl (C=O) groups is 2. The summed E-state index contributed by atoms with van der Waals surface area (Å²) >= 11 is 6.03. The van der Waals surface area contributed by atoms with Crippen molar-refractivity contribution in [1.29, 1.82) is 0 Å². The first-order valence-corrected chi connectivity index (χ1v) is 10.7. The predicted molar refractivity (Wildman–Crippen MR) is 126 cm³/mol. The number of benzene rings is 2. The monoisotopic (exact) mass is 465 g/mol. The summed E-state index contributed by atoms with van der Waals surface area (Å²) < 4.78 is 10.9. The van der Waals surface area contributed by atoms with Crippen LogP contribution in [0.1, 0.15) is 33.4 Å². The number of aromatic nitrogens is 1. The van der Waals surface area contributed by atoms with E-state index in [-0.39, 0.29) is 11.8 Å². The number of hydrogen-bond acceptors (Lipinski definition) is 5. The number of fused-ring (bicyclic) bond motifs is 1. The zero-order chi connectivity index (χ0) is 23.7. The summed E-state index contributed by atoms with van der Waals surface area (Å²) in [5.41, 5.74) is 2.43. The van der Waals surface area contributed by atoms with E-state index in [9.17, 15) is 9.59 Å². The van der Waals surface area contributed by atoms with Gasteiger partial charge in [0.2, 0.25) is 5.91 Å². The molecule has 170 valence electrons. The van der Waals surface area contributed by atoms with Crippen LogP contribution >= 0.6 is 11.6 Å². The van der Waals surface area contributed by atoms with Crippen molar-refractivity contribution in [3.8, 4) is 11.5 Å². The summed E-state index contributed by atoms with van der Waals surface area (Å²) in [5, 5.41) is 0.581. The molecule has 0 aliphatic carbocycles.